The highest BCUT2D eigenvalue weighted by atomic mass is 16.5. The minimum Gasteiger partial charge on any atom is -0.512 e. The number of hydrogen-bond acceptors (Lipinski definition) is 3. The fourth-order valence-electron chi connectivity index (χ4n) is 0.209. The van der Waals surface area contributed by atoms with Crippen molar-refractivity contribution >= 4 is 0 Å². The lowest BCUT2D eigenvalue weighted by atomic mass is 10.6. The van der Waals surface area contributed by atoms with Crippen LogP contribution >= 0.6 is 0 Å². The third-order valence-corrected chi connectivity index (χ3v) is 0.597. The molecule has 0 aromatic carbocycles. The molecule has 0 unspecified atom stereocenters. The van der Waals surface area contributed by atoms with Crippen LogP contribution in [0.15, 0.2) is 24.0 Å². The normalized spacial score (nSPS) is 13.6. The molecular weight excluding hydrogens is 120 g/mol. The van der Waals surface area contributed by atoms with E-state index < -0.39 is 0 Å². The smallest absolute Gasteiger partial charge is 0.134 e. The van der Waals surface area contributed by atoms with Crippen LogP contribution in [0.5, 0.6) is 0 Å². The first-order valence-corrected chi connectivity index (χ1v) is 2.50. The van der Waals surface area contributed by atoms with Crippen LogP contribution in [0.1, 0.15) is 13.8 Å². The van der Waals surface area contributed by atoms with Crippen molar-refractivity contribution < 1.29 is 14.9 Å². The maximum Gasteiger partial charge on any atom is 0.134 e. The summed E-state index contributed by atoms with van der Waals surface area (Å²) in [5, 5.41) is 16.8. The lowest BCUT2D eigenvalue weighted by Gasteiger charge is -1.95. The second-order valence-corrected chi connectivity index (χ2v) is 1.62. The van der Waals surface area contributed by atoms with Gasteiger partial charge >= 0.3 is 0 Å². The Morgan fingerprint density at radius 1 is 1.44 bits per heavy atom. The Balaban J connectivity index is 3.64. The van der Waals surface area contributed by atoms with Crippen LogP contribution in [-0.4, -0.2) is 10.2 Å². The summed E-state index contributed by atoms with van der Waals surface area (Å²) in [7, 11) is 0. The Kier molecular flexibility index (Phi) is 3.35. The van der Waals surface area contributed by atoms with E-state index in [9.17, 15) is 0 Å². The highest BCUT2D eigenvalue weighted by molar-refractivity contribution is 4.87. The molecule has 9 heavy (non-hydrogen) atoms. The molecule has 0 amide bonds. The number of ether oxygens (including phenoxy) is 1. The van der Waals surface area contributed by atoms with Gasteiger partial charge in [-0.25, -0.2) is 0 Å². The molecule has 0 atom stereocenters. The first-order chi connectivity index (χ1) is 4.16. The fraction of sp³-hybridized carbons (Fsp3) is 0.333. The van der Waals surface area contributed by atoms with Crippen LogP contribution in [0, 0.1) is 0 Å². The zero-order valence-corrected chi connectivity index (χ0v) is 5.46. The molecule has 2 N–H and O–H groups in total. The summed E-state index contributed by atoms with van der Waals surface area (Å²) in [5.74, 6) is 0.402. The van der Waals surface area contributed by atoms with Gasteiger partial charge in [0.15, 0.2) is 0 Å². The molecule has 0 heterocycles. The van der Waals surface area contributed by atoms with Gasteiger partial charge in [-0.2, -0.15) is 0 Å². The third kappa shape index (κ3) is 4.74. The molecule has 3 nitrogen and oxygen atoms in total. The predicted octanol–water partition coefficient (Wildman–Crippen LogP) is 1.84. The number of allylic oxidation sites excluding steroid dienone is 2. The number of hydrogen-bond donors (Lipinski definition) is 2. The molecule has 0 aromatic rings. The lowest BCUT2D eigenvalue weighted by molar-refractivity contribution is 0.292. The van der Waals surface area contributed by atoms with Crippen molar-refractivity contribution in [1.82, 2.24) is 0 Å². The van der Waals surface area contributed by atoms with E-state index >= 15 is 0 Å². The number of rotatable bonds is 2. The molecule has 3 heteroatoms. The van der Waals surface area contributed by atoms with Gasteiger partial charge in [0.1, 0.15) is 24.0 Å². The van der Waals surface area contributed by atoms with Crippen molar-refractivity contribution in [3.05, 3.63) is 24.0 Å². The average molecular weight is 130 g/mol. The van der Waals surface area contributed by atoms with E-state index in [1.54, 1.807) is 6.92 Å². The van der Waals surface area contributed by atoms with Gasteiger partial charge in [0.2, 0.25) is 0 Å². The molecular formula is C6H10O3. The van der Waals surface area contributed by atoms with E-state index in [0.29, 0.717) is 5.76 Å². The minimum absolute atomic E-state index is 0.0659. The van der Waals surface area contributed by atoms with E-state index in [1.807, 2.05) is 0 Å². The summed E-state index contributed by atoms with van der Waals surface area (Å²) >= 11 is 0. The zero-order valence-electron chi connectivity index (χ0n) is 5.46. The van der Waals surface area contributed by atoms with Crippen LogP contribution in [0.4, 0.5) is 0 Å². The molecule has 0 aliphatic rings. The van der Waals surface area contributed by atoms with Gasteiger partial charge in [0, 0.05) is 0 Å². The first kappa shape index (κ1) is 7.88. The van der Waals surface area contributed by atoms with Gasteiger partial charge in [-0.3, -0.25) is 0 Å². The molecule has 0 aromatic heterocycles. The van der Waals surface area contributed by atoms with Crippen LogP contribution < -0.4 is 0 Å². The molecule has 0 saturated carbocycles. The summed E-state index contributed by atoms with van der Waals surface area (Å²) in [6.07, 6.45) is 1.96. The van der Waals surface area contributed by atoms with Crippen LogP contribution in [-0.2, 0) is 4.74 Å². The number of aliphatic hydroxyl groups is 2. The van der Waals surface area contributed by atoms with E-state index in [1.165, 1.54) is 6.92 Å². The highest BCUT2D eigenvalue weighted by Crippen LogP contribution is 1.95. The lowest BCUT2D eigenvalue weighted by Crippen LogP contribution is -1.79. The van der Waals surface area contributed by atoms with Gasteiger partial charge in [0.05, 0.1) is 0 Å². The third-order valence-electron chi connectivity index (χ3n) is 0.597. The molecule has 0 radical (unpaired) electrons. The van der Waals surface area contributed by atoms with Gasteiger partial charge < -0.3 is 14.9 Å². The predicted molar refractivity (Wildman–Crippen MR) is 33.9 cm³/mol. The highest BCUT2D eigenvalue weighted by Gasteiger charge is 1.83. The van der Waals surface area contributed by atoms with Gasteiger partial charge in [-0.05, 0) is 13.8 Å². The maximum absolute atomic E-state index is 8.52. The Morgan fingerprint density at radius 2 is 2.00 bits per heavy atom. The summed E-state index contributed by atoms with van der Waals surface area (Å²) in [6, 6.07) is 0. The van der Waals surface area contributed by atoms with E-state index in [-0.39, 0.29) is 5.76 Å². The Morgan fingerprint density at radius 3 is 2.33 bits per heavy atom. The molecule has 0 aliphatic heterocycles. The van der Waals surface area contributed by atoms with Crippen LogP contribution in [0.3, 0.4) is 0 Å². The molecule has 0 aliphatic carbocycles. The van der Waals surface area contributed by atoms with Crippen LogP contribution in [0.25, 0.3) is 0 Å². The molecule has 0 rings (SSSR count). The Bertz CT molecular complexity index is 131. The summed E-state index contributed by atoms with van der Waals surface area (Å²) in [6.45, 7) is 3.05. The van der Waals surface area contributed by atoms with Crippen molar-refractivity contribution in [1.29, 1.82) is 0 Å². The van der Waals surface area contributed by atoms with Crippen molar-refractivity contribution in [3.8, 4) is 0 Å². The molecule has 0 bridgehead atoms. The fourth-order valence-corrected chi connectivity index (χ4v) is 0.209. The maximum atomic E-state index is 8.52. The second-order valence-electron chi connectivity index (χ2n) is 1.62. The molecule has 0 saturated heterocycles. The monoisotopic (exact) mass is 130 g/mol. The van der Waals surface area contributed by atoms with Gasteiger partial charge in [-0.1, -0.05) is 0 Å². The number of aliphatic hydroxyl groups excluding tert-OH is 2. The summed E-state index contributed by atoms with van der Waals surface area (Å²) in [5.41, 5.74) is 0. The Labute approximate surface area is 53.9 Å². The van der Waals surface area contributed by atoms with Gasteiger partial charge in [0.25, 0.3) is 0 Å². The van der Waals surface area contributed by atoms with E-state index in [2.05, 4.69) is 4.74 Å². The van der Waals surface area contributed by atoms with Crippen molar-refractivity contribution in [3.63, 3.8) is 0 Å². The quantitative estimate of drug-likeness (QED) is 0.561. The zero-order chi connectivity index (χ0) is 7.28. The standard InChI is InChI=1S/C6H10O3/c1-5(8)4-9-6(2)3-7/h3-4,7-8H,1-2H3. The minimum atomic E-state index is 0.0659. The summed E-state index contributed by atoms with van der Waals surface area (Å²) in [4.78, 5) is 0. The molecule has 52 valence electrons. The van der Waals surface area contributed by atoms with Crippen molar-refractivity contribution in [2.24, 2.45) is 0 Å². The van der Waals surface area contributed by atoms with Gasteiger partial charge in [-0.15, -0.1) is 0 Å². The first-order valence-electron chi connectivity index (χ1n) is 2.50. The second kappa shape index (κ2) is 3.83. The molecule has 0 fully saturated rings. The SMILES string of the molecule is CC(O)=COC(C)=CO. The van der Waals surface area contributed by atoms with Crippen LogP contribution in [0.2, 0.25) is 0 Å². The largest absolute Gasteiger partial charge is 0.512 e. The topological polar surface area (TPSA) is 49.7 Å². The Hall–Kier alpha value is -1.12. The summed E-state index contributed by atoms with van der Waals surface area (Å²) < 4.78 is 4.65. The average Bonchev–Trinajstić information content (AvgIpc) is 1.83. The van der Waals surface area contributed by atoms with Crippen molar-refractivity contribution in [2.75, 3.05) is 0 Å². The molecule has 0 spiro atoms. The van der Waals surface area contributed by atoms with Crippen molar-refractivity contribution in [2.45, 2.75) is 13.8 Å². The van der Waals surface area contributed by atoms with E-state index in [4.69, 9.17) is 10.2 Å². The van der Waals surface area contributed by atoms with E-state index in [0.717, 1.165) is 12.5 Å².